The van der Waals surface area contributed by atoms with Gasteiger partial charge in [0.1, 0.15) is 27.9 Å². The van der Waals surface area contributed by atoms with Crippen LogP contribution in [0.1, 0.15) is 60.8 Å². The normalized spacial score (nSPS) is 17.3. The molecule has 0 aromatic heterocycles. The lowest BCUT2D eigenvalue weighted by Crippen LogP contribution is -2.26. The molecule has 1 aliphatic heterocycles. The molecule has 0 amide bonds. The zero-order valence-electron chi connectivity index (χ0n) is 23.6. The van der Waals surface area contributed by atoms with E-state index in [9.17, 15) is 18.3 Å². The van der Waals surface area contributed by atoms with Gasteiger partial charge in [-0.05, 0) is 109 Å². The standard InChI is InChI=1S/C34H38O6S/c1-2-4-28(21-34(35)36)26-9-11-30(12-10-26)39-23-25-7-8-27-5-3-6-29-20-31(13-14-32(29)33(27)19-25)40-22-24-15-17-41(37,38)18-16-24/h2,4,7-14,19-20,24,28H,3,5-6,15-18,21-23H2,1H3,(H,35,36). The van der Waals surface area contributed by atoms with Crippen LogP contribution in [0.15, 0.2) is 72.8 Å². The molecule has 1 unspecified atom stereocenters. The van der Waals surface area contributed by atoms with Crippen LogP contribution in [-0.2, 0) is 34.1 Å². The maximum Gasteiger partial charge on any atom is 0.304 e. The zero-order chi connectivity index (χ0) is 28.8. The molecule has 1 atom stereocenters. The molecular weight excluding hydrogens is 536 g/mol. The SMILES string of the molecule is CC=CC(CC(=O)O)c1ccc(OCc2ccc3c(c2)-c2ccc(OCC4CCS(=O)(=O)CC4)cc2CCC3)cc1. The van der Waals surface area contributed by atoms with Gasteiger partial charge in [-0.15, -0.1) is 0 Å². The van der Waals surface area contributed by atoms with E-state index in [0.29, 0.717) is 26.1 Å². The minimum atomic E-state index is -2.86. The molecule has 1 fully saturated rings. The Morgan fingerprint density at radius 2 is 1.66 bits per heavy atom. The number of sulfone groups is 1. The van der Waals surface area contributed by atoms with Crippen molar-refractivity contribution >= 4 is 15.8 Å². The predicted molar refractivity (Wildman–Crippen MR) is 161 cm³/mol. The van der Waals surface area contributed by atoms with Crippen molar-refractivity contribution in [3.05, 3.63) is 95.1 Å². The second-order valence-corrected chi connectivity index (χ2v) is 13.5. The van der Waals surface area contributed by atoms with Crippen LogP contribution >= 0.6 is 0 Å². The number of fused-ring (bicyclic) bond motifs is 3. The molecule has 3 aromatic carbocycles. The number of carboxylic acid groups (broad SMARTS) is 1. The Kier molecular flexibility index (Phi) is 9.13. The average molecular weight is 575 g/mol. The highest BCUT2D eigenvalue weighted by molar-refractivity contribution is 7.91. The minimum Gasteiger partial charge on any atom is -0.493 e. The van der Waals surface area contributed by atoms with E-state index in [-0.39, 0.29) is 29.8 Å². The smallest absolute Gasteiger partial charge is 0.304 e. The van der Waals surface area contributed by atoms with Crippen molar-refractivity contribution in [2.24, 2.45) is 5.92 Å². The minimum absolute atomic E-state index is 0.0572. The molecular formula is C34H38O6S. The van der Waals surface area contributed by atoms with Gasteiger partial charge in [0.05, 0.1) is 24.5 Å². The Bertz CT molecular complexity index is 1490. The fourth-order valence-corrected chi connectivity index (χ4v) is 7.38. The molecule has 6 nitrogen and oxygen atoms in total. The van der Waals surface area contributed by atoms with Crippen LogP contribution in [0.5, 0.6) is 11.5 Å². The maximum absolute atomic E-state index is 11.7. The fraction of sp³-hybridized carbons (Fsp3) is 0.382. The highest BCUT2D eigenvalue weighted by Gasteiger charge is 2.24. The van der Waals surface area contributed by atoms with Crippen molar-refractivity contribution in [3.63, 3.8) is 0 Å². The Labute approximate surface area is 242 Å². The first-order valence-electron chi connectivity index (χ1n) is 14.5. The Morgan fingerprint density at radius 1 is 0.927 bits per heavy atom. The summed E-state index contributed by atoms with van der Waals surface area (Å²) in [7, 11) is -2.86. The van der Waals surface area contributed by atoms with Crippen molar-refractivity contribution in [1.82, 2.24) is 0 Å². The third-order valence-corrected chi connectivity index (χ3v) is 9.84. The number of benzene rings is 3. The maximum atomic E-state index is 11.7. The molecule has 2 aliphatic rings. The van der Waals surface area contributed by atoms with Crippen LogP contribution in [0.2, 0.25) is 0 Å². The quantitative estimate of drug-likeness (QED) is 0.269. The lowest BCUT2D eigenvalue weighted by atomic mass is 9.94. The van der Waals surface area contributed by atoms with Gasteiger partial charge in [0.2, 0.25) is 0 Å². The summed E-state index contributed by atoms with van der Waals surface area (Å²) in [6.07, 6.45) is 8.28. The number of hydrogen-bond donors (Lipinski definition) is 1. The van der Waals surface area contributed by atoms with Crippen LogP contribution in [-0.4, -0.2) is 37.6 Å². The van der Waals surface area contributed by atoms with Gasteiger partial charge in [-0.25, -0.2) is 8.42 Å². The van der Waals surface area contributed by atoms with E-state index in [1.807, 2.05) is 49.4 Å². The van der Waals surface area contributed by atoms with Crippen molar-refractivity contribution < 1.29 is 27.8 Å². The lowest BCUT2D eigenvalue weighted by Gasteiger charge is -2.22. The third kappa shape index (κ3) is 7.59. The number of carboxylic acids is 1. The Morgan fingerprint density at radius 3 is 2.39 bits per heavy atom. The fourth-order valence-electron chi connectivity index (χ4n) is 5.80. The first-order chi connectivity index (χ1) is 19.8. The topological polar surface area (TPSA) is 89.9 Å². The van der Waals surface area contributed by atoms with Gasteiger partial charge < -0.3 is 14.6 Å². The number of rotatable bonds is 10. The highest BCUT2D eigenvalue weighted by Crippen LogP contribution is 2.36. The van der Waals surface area contributed by atoms with E-state index in [2.05, 4.69) is 30.3 Å². The second kappa shape index (κ2) is 12.9. The van der Waals surface area contributed by atoms with Crippen molar-refractivity contribution in [2.75, 3.05) is 18.1 Å². The van der Waals surface area contributed by atoms with E-state index in [1.165, 1.54) is 22.3 Å². The van der Waals surface area contributed by atoms with Gasteiger partial charge in [0, 0.05) is 5.92 Å². The van der Waals surface area contributed by atoms with Crippen molar-refractivity contribution in [1.29, 1.82) is 0 Å². The molecule has 0 saturated carbocycles. The van der Waals surface area contributed by atoms with Crippen molar-refractivity contribution in [2.45, 2.75) is 58.0 Å². The number of allylic oxidation sites excluding steroid dienone is 2. The summed E-state index contributed by atoms with van der Waals surface area (Å²) in [5.41, 5.74) is 7.12. The lowest BCUT2D eigenvalue weighted by molar-refractivity contribution is -0.137. The molecule has 1 heterocycles. The second-order valence-electron chi connectivity index (χ2n) is 11.2. The molecule has 41 heavy (non-hydrogen) atoms. The van der Waals surface area contributed by atoms with E-state index in [1.54, 1.807) is 0 Å². The largest absolute Gasteiger partial charge is 0.493 e. The summed E-state index contributed by atoms with van der Waals surface area (Å²) in [6.45, 7) is 2.89. The molecule has 0 radical (unpaired) electrons. The molecule has 0 spiro atoms. The van der Waals surface area contributed by atoms with Gasteiger partial charge in [-0.1, -0.05) is 42.5 Å². The molecule has 1 saturated heterocycles. The molecule has 1 N–H and O–H groups in total. The van der Waals surface area contributed by atoms with Crippen LogP contribution in [0.4, 0.5) is 0 Å². The molecule has 216 valence electrons. The molecule has 0 bridgehead atoms. The van der Waals surface area contributed by atoms with E-state index in [0.717, 1.165) is 41.9 Å². The monoisotopic (exact) mass is 574 g/mol. The van der Waals surface area contributed by atoms with Gasteiger partial charge in [-0.3, -0.25) is 4.79 Å². The summed E-state index contributed by atoms with van der Waals surface area (Å²) in [5.74, 6) is 1.44. The first kappa shape index (κ1) is 28.9. The van der Waals surface area contributed by atoms with Crippen molar-refractivity contribution in [3.8, 4) is 22.6 Å². The van der Waals surface area contributed by atoms with Gasteiger partial charge in [-0.2, -0.15) is 0 Å². The van der Waals surface area contributed by atoms with Gasteiger partial charge >= 0.3 is 5.97 Å². The summed E-state index contributed by atoms with van der Waals surface area (Å²) in [4.78, 5) is 11.2. The van der Waals surface area contributed by atoms with Crippen LogP contribution in [0.25, 0.3) is 11.1 Å². The van der Waals surface area contributed by atoms with E-state index >= 15 is 0 Å². The average Bonchev–Trinajstić information content (AvgIpc) is 3.14. The van der Waals surface area contributed by atoms with Crippen LogP contribution in [0, 0.1) is 5.92 Å². The number of ether oxygens (including phenoxy) is 2. The summed E-state index contributed by atoms with van der Waals surface area (Å²) in [5, 5.41) is 9.22. The van der Waals surface area contributed by atoms with E-state index in [4.69, 9.17) is 9.47 Å². The third-order valence-electron chi connectivity index (χ3n) is 8.13. The summed E-state index contributed by atoms with van der Waals surface area (Å²) < 4.78 is 35.7. The molecule has 7 heteroatoms. The molecule has 3 aromatic rings. The van der Waals surface area contributed by atoms with Gasteiger partial charge in [0.15, 0.2) is 0 Å². The van der Waals surface area contributed by atoms with Gasteiger partial charge in [0.25, 0.3) is 0 Å². The molecule has 1 aliphatic carbocycles. The van der Waals surface area contributed by atoms with Crippen LogP contribution in [0.3, 0.4) is 0 Å². The zero-order valence-corrected chi connectivity index (χ0v) is 24.4. The Hall–Kier alpha value is -3.58. The number of aryl methyl sites for hydroxylation is 2. The highest BCUT2D eigenvalue weighted by atomic mass is 32.2. The van der Waals surface area contributed by atoms with Crippen LogP contribution < -0.4 is 9.47 Å². The van der Waals surface area contributed by atoms with E-state index < -0.39 is 15.8 Å². The molecule has 5 rings (SSSR count). The number of carbonyl (C=O) groups is 1. The Balaban J connectivity index is 1.25. The number of aliphatic carboxylic acids is 1. The summed E-state index contributed by atoms with van der Waals surface area (Å²) in [6, 6.07) is 20.6. The first-order valence-corrected chi connectivity index (χ1v) is 16.3. The summed E-state index contributed by atoms with van der Waals surface area (Å²) >= 11 is 0. The number of hydrogen-bond acceptors (Lipinski definition) is 5. The predicted octanol–water partition coefficient (Wildman–Crippen LogP) is 6.76.